The van der Waals surface area contributed by atoms with Gasteiger partial charge in [0, 0.05) is 27.4 Å². The first kappa shape index (κ1) is 33.5. The molecule has 0 amide bonds. The average molecular weight is 571 g/mol. The Balaban J connectivity index is 0.000000661. The molecule has 1 fully saturated rings. The molecule has 0 aliphatic carbocycles. The lowest BCUT2D eigenvalue weighted by Gasteiger charge is -2.41. The average Bonchev–Trinajstić information content (AvgIpc) is 2.73. The Hall–Kier alpha value is -0.503. The molecule has 0 atom stereocenters. The van der Waals surface area contributed by atoms with E-state index >= 15 is 0 Å². The zero-order valence-corrected chi connectivity index (χ0v) is 22.0. The maximum absolute atomic E-state index is 11.4. The van der Waals surface area contributed by atoms with Crippen LogP contribution in [0.2, 0.25) is 6.04 Å². The van der Waals surface area contributed by atoms with E-state index in [-0.39, 0.29) is 0 Å². The van der Waals surface area contributed by atoms with Crippen LogP contribution < -0.4 is 0 Å². The van der Waals surface area contributed by atoms with E-state index in [9.17, 15) is 43.2 Å². The third-order valence-electron chi connectivity index (χ3n) is 5.52. The first-order chi connectivity index (χ1) is 15.4. The van der Waals surface area contributed by atoms with Crippen LogP contribution >= 0.6 is 0 Å². The van der Waals surface area contributed by atoms with Crippen LogP contribution in [0, 0.1) is 0 Å². The SMILES string of the molecule is CC[N+]1(CCCC[Si](OC)(OC)OC)CCCCC1.O=S(=O)([N-]S(=O)(=O)C(F)(F)F)C(F)(F)F. The number of halogens is 6. The van der Waals surface area contributed by atoms with Crippen molar-refractivity contribution < 1.29 is 60.9 Å². The standard InChI is InChI=1S/C14H32NO3Si.C2F6NO4S2/c1-5-15(11-7-6-8-12-15)13-9-10-14-19(16-2,17-3)18-4;3-1(4,5)14(10,11)9-15(12,13)2(6,7)8/h5-14H2,1-4H3;/q+1;-1. The minimum Gasteiger partial charge on any atom is -0.421 e. The first-order valence-corrected chi connectivity index (χ1v) is 15.0. The van der Waals surface area contributed by atoms with E-state index in [2.05, 4.69) is 6.92 Å². The highest BCUT2D eigenvalue weighted by Gasteiger charge is 2.47. The fourth-order valence-corrected chi connectivity index (χ4v) is 6.94. The highest BCUT2D eigenvalue weighted by atomic mass is 32.3. The van der Waals surface area contributed by atoms with Crippen molar-refractivity contribution in [3.63, 3.8) is 0 Å². The Bertz CT molecular complexity index is 762. The van der Waals surface area contributed by atoms with Gasteiger partial charge in [0.1, 0.15) is 0 Å². The Morgan fingerprint density at radius 2 is 1.21 bits per heavy atom. The molecule has 18 heteroatoms. The van der Waals surface area contributed by atoms with Gasteiger partial charge in [-0.3, -0.25) is 0 Å². The summed E-state index contributed by atoms with van der Waals surface area (Å²) in [4.78, 5) is 0. The molecule has 0 N–H and O–H groups in total. The lowest BCUT2D eigenvalue weighted by Crippen LogP contribution is -2.52. The topological polar surface area (TPSA) is 110 Å². The molecule has 34 heavy (non-hydrogen) atoms. The van der Waals surface area contributed by atoms with Gasteiger partial charge in [-0.05, 0) is 39.0 Å². The highest BCUT2D eigenvalue weighted by Crippen LogP contribution is 2.36. The number of quaternary nitrogens is 1. The normalized spacial score (nSPS) is 17.7. The van der Waals surface area contributed by atoms with Gasteiger partial charge in [0.05, 0.1) is 26.2 Å². The van der Waals surface area contributed by atoms with Gasteiger partial charge < -0.3 is 21.9 Å². The van der Waals surface area contributed by atoms with Gasteiger partial charge in [0.15, 0.2) is 20.0 Å². The Morgan fingerprint density at radius 1 is 0.794 bits per heavy atom. The molecular weight excluding hydrogens is 538 g/mol. The summed E-state index contributed by atoms with van der Waals surface area (Å²) in [6.45, 7) is 7.67. The van der Waals surface area contributed by atoms with Gasteiger partial charge in [0.25, 0.3) is 0 Å². The summed E-state index contributed by atoms with van der Waals surface area (Å²) in [5.41, 5.74) is -12.4. The Labute approximate surface area is 197 Å². The number of unbranched alkanes of at least 4 members (excludes halogenated alkanes) is 1. The summed E-state index contributed by atoms with van der Waals surface area (Å²) in [5, 5.41) is 0. The number of rotatable bonds is 11. The van der Waals surface area contributed by atoms with Crippen LogP contribution in [-0.4, -0.2) is 88.6 Å². The summed E-state index contributed by atoms with van der Waals surface area (Å²) in [5.74, 6) is 0. The van der Waals surface area contributed by atoms with E-state index in [1.54, 1.807) is 21.3 Å². The quantitative estimate of drug-likeness (QED) is 0.161. The molecule has 1 saturated heterocycles. The van der Waals surface area contributed by atoms with Crippen LogP contribution in [0.25, 0.3) is 4.13 Å². The van der Waals surface area contributed by atoms with Crippen molar-refractivity contribution in [2.75, 3.05) is 47.5 Å². The molecule has 206 valence electrons. The van der Waals surface area contributed by atoms with Gasteiger partial charge >= 0.3 is 19.8 Å². The minimum absolute atomic E-state index is 0.778. The number of nitrogens with zero attached hydrogens (tertiary/aromatic N) is 2. The van der Waals surface area contributed by atoms with Crippen LogP contribution in [0.4, 0.5) is 26.3 Å². The number of likely N-dealkylation sites (tertiary alicyclic amines) is 1. The lowest BCUT2D eigenvalue weighted by atomic mass is 10.1. The van der Waals surface area contributed by atoms with Crippen LogP contribution in [0.3, 0.4) is 0 Å². The van der Waals surface area contributed by atoms with Crippen LogP contribution in [0.1, 0.15) is 39.0 Å². The van der Waals surface area contributed by atoms with Crippen molar-refractivity contribution >= 4 is 28.9 Å². The second-order valence-corrected chi connectivity index (χ2v) is 14.1. The fraction of sp³-hybridized carbons (Fsp3) is 1.00. The predicted molar refractivity (Wildman–Crippen MR) is 113 cm³/mol. The summed E-state index contributed by atoms with van der Waals surface area (Å²) in [6.07, 6.45) is 6.62. The third kappa shape index (κ3) is 9.86. The van der Waals surface area contributed by atoms with E-state index < -0.39 is 39.9 Å². The molecule has 0 spiro atoms. The summed E-state index contributed by atoms with van der Waals surface area (Å²) >= 11 is 0. The molecule has 9 nitrogen and oxygen atoms in total. The molecule has 1 rings (SSSR count). The largest absolute Gasteiger partial charge is 0.500 e. The molecule has 0 aromatic carbocycles. The fourth-order valence-electron chi connectivity index (χ4n) is 3.44. The molecule has 0 aromatic rings. The van der Waals surface area contributed by atoms with Crippen molar-refractivity contribution in [3.8, 4) is 0 Å². The van der Waals surface area contributed by atoms with E-state index in [1.807, 2.05) is 0 Å². The molecule has 0 radical (unpaired) electrons. The smallest absolute Gasteiger partial charge is 0.421 e. The van der Waals surface area contributed by atoms with Gasteiger partial charge in [-0.2, -0.15) is 26.3 Å². The third-order valence-corrected chi connectivity index (χ3v) is 11.1. The van der Waals surface area contributed by atoms with Gasteiger partial charge in [-0.25, -0.2) is 16.8 Å². The molecule has 1 aliphatic heterocycles. The van der Waals surface area contributed by atoms with Gasteiger partial charge in [-0.1, -0.05) is 0 Å². The highest BCUT2D eigenvalue weighted by molar-refractivity contribution is 8.13. The number of alkyl halides is 6. The van der Waals surface area contributed by atoms with Crippen LogP contribution in [0.15, 0.2) is 0 Å². The van der Waals surface area contributed by atoms with Crippen LogP contribution in [-0.2, 0) is 33.3 Å². The molecule has 0 aromatic heterocycles. The maximum Gasteiger partial charge on any atom is 0.500 e. The van der Waals surface area contributed by atoms with Crippen molar-refractivity contribution in [2.24, 2.45) is 0 Å². The first-order valence-electron chi connectivity index (χ1n) is 10.2. The van der Waals surface area contributed by atoms with Crippen molar-refractivity contribution in [3.05, 3.63) is 4.13 Å². The Morgan fingerprint density at radius 3 is 1.53 bits per heavy atom. The summed E-state index contributed by atoms with van der Waals surface area (Å²) in [7, 11) is -10.7. The predicted octanol–water partition coefficient (Wildman–Crippen LogP) is 3.72. The number of sulfonamides is 2. The molecule has 0 saturated carbocycles. The van der Waals surface area contributed by atoms with Crippen molar-refractivity contribution in [1.29, 1.82) is 0 Å². The minimum atomic E-state index is -6.72. The van der Waals surface area contributed by atoms with Crippen molar-refractivity contribution in [2.45, 2.75) is 56.1 Å². The summed E-state index contributed by atoms with van der Waals surface area (Å²) < 4.78 is 127. The number of hydrogen-bond donors (Lipinski definition) is 0. The van der Waals surface area contributed by atoms with E-state index in [0.717, 1.165) is 16.6 Å². The lowest BCUT2D eigenvalue weighted by molar-refractivity contribution is -0.931. The van der Waals surface area contributed by atoms with E-state index in [1.165, 1.54) is 56.3 Å². The second-order valence-electron chi connectivity index (χ2n) is 7.56. The second kappa shape index (κ2) is 13.2. The molecule has 0 unspecified atom stereocenters. The van der Waals surface area contributed by atoms with E-state index in [0.29, 0.717) is 0 Å². The van der Waals surface area contributed by atoms with Crippen LogP contribution in [0.5, 0.6) is 0 Å². The molecular formula is C16H32F6N2O7S2Si. The Kier molecular flexibility index (Phi) is 13.0. The molecule has 1 aliphatic rings. The monoisotopic (exact) mass is 570 g/mol. The van der Waals surface area contributed by atoms with Gasteiger partial charge in [-0.15, -0.1) is 0 Å². The number of hydrogen-bond acceptors (Lipinski definition) is 7. The molecule has 0 bridgehead atoms. The van der Waals surface area contributed by atoms with E-state index in [4.69, 9.17) is 13.3 Å². The zero-order valence-electron chi connectivity index (χ0n) is 19.4. The zero-order chi connectivity index (χ0) is 26.9. The molecule has 1 heterocycles. The number of piperidine rings is 1. The van der Waals surface area contributed by atoms with Crippen molar-refractivity contribution in [1.82, 2.24) is 0 Å². The summed E-state index contributed by atoms with van der Waals surface area (Å²) in [6, 6.07) is 0.931. The maximum atomic E-state index is 11.4. The van der Waals surface area contributed by atoms with Gasteiger partial charge in [0.2, 0.25) is 0 Å².